The Morgan fingerprint density at radius 2 is 2.29 bits per heavy atom. The molecule has 1 atom stereocenters. The predicted molar refractivity (Wildman–Crippen MR) is 59.6 cm³/mol. The van der Waals surface area contributed by atoms with Gasteiger partial charge in [0.2, 0.25) is 0 Å². The highest BCUT2D eigenvalue weighted by atomic mass is 32.2. The van der Waals surface area contributed by atoms with Gasteiger partial charge in [-0.2, -0.15) is 0 Å². The summed E-state index contributed by atoms with van der Waals surface area (Å²) in [5, 5.41) is 3.86. The molecule has 0 amide bonds. The third kappa shape index (κ3) is 4.86. The number of ether oxygens (including phenoxy) is 1. The largest absolute Gasteiger partial charge is 0.459 e. The lowest BCUT2D eigenvalue weighted by atomic mass is 10.2. The highest BCUT2D eigenvalue weighted by molar-refractivity contribution is 8.00. The van der Waals surface area contributed by atoms with Gasteiger partial charge in [-0.05, 0) is 33.7 Å². The minimum absolute atomic E-state index is 0.102. The molecule has 14 heavy (non-hydrogen) atoms. The van der Waals surface area contributed by atoms with Crippen molar-refractivity contribution >= 4 is 17.7 Å². The second kappa shape index (κ2) is 5.03. The first-order chi connectivity index (χ1) is 6.47. The molecule has 0 aromatic carbocycles. The molecule has 1 rings (SSSR count). The fraction of sp³-hybridized carbons (Fsp3) is 0.900. The zero-order valence-electron chi connectivity index (χ0n) is 9.13. The monoisotopic (exact) mass is 217 g/mol. The molecule has 0 spiro atoms. The summed E-state index contributed by atoms with van der Waals surface area (Å²) in [6.07, 6.45) is 1.16. The normalized spacial score (nSPS) is 22.4. The van der Waals surface area contributed by atoms with E-state index in [0.29, 0.717) is 11.0 Å². The van der Waals surface area contributed by atoms with Crippen molar-refractivity contribution in [1.82, 2.24) is 5.32 Å². The Morgan fingerprint density at radius 1 is 1.57 bits per heavy atom. The predicted octanol–water partition coefficient (Wildman–Crippen LogP) is 1.42. The van der Waals surface area contributed by atoms with E-state index in [1.54, 1.807) is 11.8 Å². The number of thioether (sulfide) groups is 1. The van der Waals surface area contributed by atoms with E-state index in [0.717, 1.165) is 19.5 Å². The highest BCUT2D eigenvalue weighted by Gasteiger charge is 2.19. The van der Waals surface area contributed by atoms with E-state index in [-0.39, 0.29) is 11.6 Å². The van der Waals surface area contributed by atoms with Crippen molar-refractivity contribution < 1.29 is 9.53 Å². The van der Waals surface area contributed by atoms with Crippen LogP contribution in [-0.2, 0) is 9.53 Å². The first-order valence-corrected chi connectivity index (χ1v) is 6.06. The Morgan fingerprint density at radius 3 is 2.79 bits per heavy atom. The van der Waals surface area contributed by atoms with Crippen LogP contribution in [0.25, 0.3) is 0 Å². The van der Waals surface area contributed by atoms with Crippen molar-refractivity contribution in [3.63, 3.8) is 0 Å². The van der Waals surface area contributed by atoms with E-state index in [1.807, 2.05) is 20.8 Å². The molecule has 4 heteroatoms. The smallest absolute Gasteiger partial charge is 0.316 e. The molecule has 1 aliphatic heterocycles. The lowest BCUT2D eigenvalue weighted by Gasteiger charge is -2.19. The molecule has 0 saturated carbocycles. The van der Waals surface area contributed by atoms with E-state index in [1.165, 1.54) is 0 Å². The van der Waals surface area contributed by atoms with Crippen LogP contribution in [0.5, 0.6) is 0 Å². The Bertz CT molecular complexity index is 195. The summed E-state index contributed by atoms with van der Waals surface area (Å²) in [5.74, 6) is 0.373. The third-order valence-corrected chi connectivity index (χ3v) is 3.15. The quantitative estimate of drug-likeness (QED) is 0.726. The van der Waals surface area contributed by atoms with Crippen LogP contribution in [0, 0.1) is 0 Å². The van der Waals surface area contributed by atoms with Gasteiger partial charge in [-0.15, -0.1) is 11.8 Å². The van der Waals surface area contributed by atoms with E-state index in [9.17, 15) is 4.79 Å². The van der Waals surface area contributed by atoms with Gasteiger partial charge in [0, 0.05) is 11.8 Å². The van der Waals surface area contributed by atoms with Crippen LogP contribution in [0.4, 0.5) is 0 Å². The summed E-state index contributed by atoms with van der Waals surface area (Å²) in [5.41, 5.74) is -0.356. The highest BCUT2D eigenvalue weighted by Crippen LogP contribution is 2.18. The number of carbonyl (C=O) groups excluding carboxylic acids is 1. The van der Waals surface area contributed by atoms with Gasteiger partial charge in [0.05, 0.1) is 5.75 Å². The van der Waals surface area contributed by atoms with Crippen molar-refractivity contribution in [3.05, 3.63) is 0 Å². The number of hydrogen-bond acceptors (Lipinski definition) is 4. The zero-order valence-corrected chi connectivity index (χ0v) is 9.95. The maximum atomic E-state index is 11.4. The minimum atomic E-state index is -0.356. The first kappa shape index (κ1) is 11.9. The average molecular weight is 217 g/mol. The van der Waals surface area contributed by atoms with Gasteiger partial charge in [-0.3, -0.25) is 4.79 Å². The molecule has 0 aromatic heterocycles. The van der Waals surface area contributed by atoms with Gasteiger partial charge >= 0.3 is 5.97 Å². The Hall–Kier alpha value is -0.220. The van der Waals surface area contributed by atoms with Crippen molar-refractivity contribution in [2.24, 2.45) is 0 Å². The van der Waals surface area contributed by atoms with Crippen LogP contribution in [0.1, 0.15) is 27.2 Å². The molecule has 0 radical (unpaired) electrons. The molecular formula is C10H19NO2S. The SMILES string of the molecule is CC(C)(C)OC(=O)CSC1CCNC1. The van der Waals surface area contributed by atoms with Crippen molar-refractivity contribution in [3.8, 4) is 0 Å². The van der Waals surface area contributed by atoms with E-state index in [4.69, 9.17) is 4.74 Å². The molecule has 1 unspecified atom stereocenters. The molecule has 1 fully saturated rings. The number of nitrogens with one attached hydrogen (secondary N) is 1. The number of rotatable bonds is 3. The lowest BCUT2D eigenvalue weighted by Crippen LogP contribution is -2.25. The third-order valence-electron chi connectivity index (χ3n) is 1.87. The molecule has 0 aromatic rings. The van der Waals surface area contributed by atoms with E-state index >= 15 is 0 Å². The average Bonchev–Trinajstić information content (AvgIpc) is 2.49. The molecule has 0 bridgehead atoms. The topological polar surface area (TPSA) is 38.3 Å². The van der Waals surface area contributed by atoms with Crippen LogP contribution in [-0.4, -0.2) is 35.7 Å². The Kier molecular flexibility index (Phi) is 4.26. The van der Waals surface area contributed by atoms with Crippen LogP contribution in [0.15, 0.2) is 0 Å². The molecule has 1 N–H and O–H groups in total. The Labute approximate surface area is 90.0 Å². The Balaban J connectivity index is 2.14. The second-order valence-corrected chi connectivity index (χ2v) is 5.80. The molecule has 1 saturated heterocycles. The summed E-state index contributed by atoms with van der Waals surface area (Å²) in [6, 6.07) is 0. The van der Waals surface area contributed by atoms with Gasteiger partial charge in [0.15, 0.2) is 0 Å². The lowest BCUT2D eigenvalue weighted by molar-refractivity contribution is -0.151. The molecule has 3 nitrogen and oxygen atoms in total. The number of esters is 1. The molecule has 1 aliphatic rings. The minimum Gasteiger partial charge on any atom is -0.459 e. The van der Waals surface area contributed by atoms with Gasteiger partial charge in [0.25, 0.3) is 0 Å². The van der Waals surface area contributed by atoms with E-state index < -0.39 is 0 Å². The fourth-order valence-electron chi connectivity index (χ4n) is 1.33. The number of hydrogen-bond donors (Lipinski definition) is 1. The van der Waals surface area contributed by atoms with E-state index in [2.05, 4.69) is 5.32 Å². The summed E-state index contributed by atoms with van der Waals surface area (Å²) in [7, 11) is 0. The second-order valence-electron chi connectivity index (χ2n) is 4.51. The van der Waals surface area contributed by atoms with Crippen molar-refractivity contribution in [2.75, 3.05) is 18.8 Å². The molecule has 82 valence electrons. The molecule has 1 heterocycles. The summed E-state index contributed by atoms with van der Waals surface area (Å²) in [6.45, 7) is 7.78. The van der Waals surface area contributed by atoms with Crippen molar-refractivity contribution in [1.29, 1.82) is 0 Å². The summed E-state index contributed by atoms with van der Waals surface area (Å²) >= 11 is 1.70. The van der Waals surface area contributed by atoms with Crippen LogP contribution in [0.3, 0.4) is 0 Å². The fourth-order valence-corrected chi connectivity index (χ4v) is 2.28. The molecule has 0 aliphatic carbocycles. The summed E-state index contributed by atoms with van der Waals surface area (Å²) < 4.78 is 5.22. The van der Waals surface area contributed by atoms with Gasteiger partial charge in [-0.25, -0.2) is 0 Å². The standard InChI is InChI=1S/C10H19NO2S/c1-10(2,3)13-9(12)7-14-8-4-5-11-6-8/h8,11H,4-7H2,1-3H3. The van der Waals surface area contributed by atoms with Gasteiger partial charge < -0.3 is 10.1 Å². The van der Waals surface area contributed by atoms with Crippen molar-refractivity contribution in [2.45, 2.75) is 38.0 Å². The summed E-state index contributed by atoms with van der Waals surface area (Å²) in [4.78, 5) is 11.4. The first-order valence-electron chi connectivity index (χ1n) is 5.01. The van der Waals surface area contributed by atoms with Crippen LogP contribution >= 0.6 is 11.8 Å². The van der Waals surface area contributed by atoms with Gasteiger partial charge in [0.1, 0.15) is 5.60 Å². The maximum Gasteiger partial charge on any atom is 0.316 e. The zero-order chi connectivity index (χ0) is 10.6. The van der Waals surface area contributed by atoms with Gasteiger partial charge in [-0.1, -0.05) is 0 Å². The molecular weight excluding hydrogens is 198 g/mol. The van der Waals surface area contributed by atoms with Crippen LogP contribution in [0.2, 0.25) is 0 Å². The maximum absolute atomic E-state index is 11.4. The number of carbonyl (C=O) groups is 1. The van der Waals surface area contributed by atoms with Crippen LogP contribution < -0.4 is 5.32 Å².